The number of piperidine rings is 1. The normalized spacial score (nSPS) is 22.0. The molecular weight excluding hydrogens is 278 g/mol. The molecule has 0 radical (unpaired) electrons. The molecule has 1 saturated heterocycles. The first-order valence-electron chi connectivity index (χ1n) is 7.91. The third kappa shape index (κ3) is 3.09. The van der Waals surface area contributed by atoms with Crippen molar-refractivity contribution < 1.29 is 9.90 Å². The molecule has 2 amide bonds. The number of hydrogen-bond donors (Lipinski definition) is 3. The van der Waals surface area contributed by atoms with E-state index in [4.69, 9.17) is 0 Å². The third-order valence-electron chi connectivity index (χ3n) is 4.55. The second-order valence-corrected chi connectivity index (χ2v) is 6.12. The van der Waals surface area contributed by atoms with Gasteiger partial charge in [-0.05, 0) is 30.4 Å². The number of aliphatic hydroxyl groups excluding tert-OH is 1. The number of nitrogens with zero attached hydrogens (tertiary/aromatic N) is 1. The Bertz CT molecular complexity index is 652. The van der Waals surface area contributed by atoms with E-state index < -0.39 is 6.10 Å². The average Bonchev–Trinajstić information content (AvgIpc) is 2.93. The summed E-state index contributed by atoms with van der Waals surface area (Å²) in [7, 11) is 0. The fraction of sp³-hybridized carbons (Fsp3) is 0.471. The van der Waals surface area contributed by atoms with Gasteiger partial charge in [0, 0.05) is 36.7 Å². The van der Waals surface area contributed by atoms with Gasteiger partial charge in [-0.3, -0.25) is 0 Å². The fourth-order valence-corrected chi connectivity index (χ4v) is 2.99. The first-order valence-corrected chi connectivity index (χ1v) is 7.91. The number of benzene rings is 1. The van der Waals surface area contributed by atoms with Crippen LogP contribution in [0.5, 0.6) is 0 Å². The second kappa shape index (κ2) is 6.40. The number of carbonyl (C=O) groups is 1. The molecule has 0 bridgehead atoms. The van der Waals surface area contributed by atoms with Crippen molar-refractivity contribution in [2.45, 2.75) is 25.9 Å². The number of urea groups is 1. The summed E-state index contributed by atoms with van der Waals surface area (Å²) in [4.78, 5) is 17.1. The van der Waals surface area contributed by atoms with Crippen LogP contribution in [0.3, 0.4) is 0 Å². The van der Waals surface area contributed by atoms with Crippen molar-refractivity contribution >= 4 is 16.9 Å². The summed E-state index contributed by atoms with van der Waals surface area (Å²) in [6, 6.07) is 8.09. The predicted octanol–water partition coefficient (Wildman–Crippen LogP) is 2.12. The van der Waals surface area contributed by atoms with Crippen LogP contribution in [0.2, 0.25) is 0 Å². The number of fused-ring (bicyclic) bond motifs is 1. The Morgan fingerprint density at radius 3 is 3.09 bits per heavy atom. The van der Waals surface area contributed by atoms with Crippen LogP contribution in [0.4, 0.5) is 4.79 Å². The molecular formula is C17H23N3O2. The molecule has 1 aromatic carbocycles. The molecule has 118 valence electrons. The van der Waals surface area contributed by atoms with Gasteiger partial charge in [-0.1, -0.05) is 25.1 Å². The maximum Gasteiger partial charge on any atom is 0.317 e. The number of para-hydroxylation sites is 1. The van der Waals surface area contributed by atoms with E-state index >= 15 is 0 Å². The molecule has 1 aliphatic heterocycles. The predicted molar refractivity (Wildman–Crippen MR) is 86.8 cm³/mol. The number of aliphatic hydroxyl groups is 1. The lowest BCUT2D eigenvalue weighted by Gasteiger charge is -2.34. The van der Waals surface area contributed by atoms with Gasteiger partial charge in [0.05, 0.1) is 6.10 Å². The number of rotatable bonds is 3. The van der Waals surface area contributed by atoms with E-state index in [1.807, 2.05) is 31.3 Å². The van der Waals surface area contributed by atoms with E-state index in [0.29, 0.717) is 13.1 Å². The van der Waals surface area contributed by atoms with E-state index in [1.165, 1.54) is 10.9 Å². The molecule has 0 spiro atoms. The average molecular weight is 301 g/mol. The van der Waals surface area contributed by atoms with E-state index in [0.717, 1.165) is 24.9 Å². The molecule has 1 fully saturated rings. The zero-order valence-electron chi connectivity index (χ0n) is 12.9. The van der Waals surface area contributed by atoms with E-state index in [9.17, 15) is 9.90 Å². The summed E-state index contributed by atoms with van der Waals surface area (Å²) in [5.41, 5.74) is 2.33. The van der Waals surface area contributed by atoms with Crippen molar-refractivity contribution in [3.05, 3.63) is 36.0 Å². The molecule has 22 heavy (non-hydrogen) atoms. The zero-order valence-corrected chi connectivity index (χ0v) is 12.9. The minimum Gasteiger partial charge on any atom is -0.391 e. The molecule has 2 atom stereocenters. The van der Waals surface area contributed by atoms with Gasteiger partial charge in [0.2, 0.25) is 0 Å². The Kier molecular flexibility index (Phi) is 4.34. The van der Waals surface area contributed by atoms with Crippen LogP contribution >= 0.6 is 0 Å². The van der Waals surface area contributed by atoms with Crippen LogP contribution in [0.15, 0.2) is 30.5 Å². The van der Waals surface area contributed by atoms with Crippen LogP contribution in [0.25, 0.3) is 10.9 Å². The van der Waals surface area contributed by atoms with Crippen LogP contribution in [-0.2, 0) is 6.42 Å². The molecule has 3 N–H and O–H groups in total. The Morgan fingerprint density at radius 2 is 2.27 bits per heavy atom. The highest BCUT2D eigenvalue weighted by Gasteiger charge is 2.26. The standard InChI is InChI=1S/C17H23N3O2/c1-12-7-9-20(11-16(12)21)17(22)18-8-6-13-10-19-15-5-3-2-4-14(13)15/h2-5,10,12,16,19,21H,6-9,11H2,1H3,(H,18,22). The fourth-order valence-electron chi connectivity index (χ4n) is 2.99. The van der Waals surface area contributed by atoms with Gasteiger partial charge in [-0.15, -0.1) is 0 Å². The molecule has 2 heterocycles. The summed E-state index contributed by atoms with van der Waals surface area (Å²) in [5.74, 6) is 0.273. The number of aromatic amines is 1. The number of β-amino-alcohol motifs (C(OH)–C–C–N with tert-alkyl or cyclic N) is 1. The van der Waals surface area contributed by atoms with Gasteiger partial charge in [-0.25, -0.2) is 4.79 Å². The Labute approximate surface area is 130 Å². The zero-order chi connectivity index (χ0) is 15.5. The highest BCUT2D eigenvalue weighted by atomic mass is 16.3. The lowest BCUT2D eigenvalue weighted by molar-refractivity contribution is 0.0436. The minimum absolute atomic E-state index is 0.0780. The number of H-pyrrole nitrogens is 1. The second-order valence-electron chi connectivity index (χ2n) is 6.12. The Morgan fingerprint density at radius 1 is 1.45 bits per heavy atom. The lowest BCUT2D eigenvalue weighted by Crippen LogP contribution is -2.49. The highest BCUT2D eigenvalue weighted by Crippen LogP contribution is 2.18. The first-order chi connectivity index (χ1) is 10.6. The van der Waals surface area contributed by atoms with Crippen molar-refractivity contribution in [3.8, 4) is 0 Å². The van der Waals surface area contributed by atoms with Crippen LogP contribution in [0.1, 0.15) is 18.9 Å². The molecule has 5 heteroatoms. The first kappa shape index (κ1) is 14.9. The quantitative estimate of drug-likeness (QED) is 0.813. The molecule has 2 aromatic rings. The summed E-state index contributed by atoms with van der Waals surface area (Å²) >= 11 is 0. The smallest absolute Gasteiger partial charge is 0.317 e. The van der Waals surface area contributed by atoms with Gasteiger partial charge < -0.3 is 20.3 Å². The summed E-state index contributed by atoms with van der Waals surface area (Å²) in [6.45, 7) is 3.77. The number of aromatic nitrogens is 1. The monoisotopic (exact) mass is 301 g/mol. The molecule has 0 saturated carbocycles. The molecule has 3 rings (SSSR count). The molecule has 1 aromatic heterocycles. The molecule has 1 aliphatic rings. The van der Waals surface area contributed by atoms with Gasteiger partial charge in [0.15, 0.2) is 0 Å². The minimum atomic E-state index is -0.409. The summed E-state index contributed by atoms with van der Waals surface area (Å²) in [6.07, 6.45) is 3.25. The molecule has 5 nitrogen and oxygen atoms in total. The van der Waals surface area contributed by atoms with Crippen LogP contribution < -0.4 is 5.32 Å². The van der Waals surface area contributed by atoms with Crippen molar-refractivity contribution in [2.75, 3.05) is 19.6 Å². The molecule has 0 aliphatic carbocycles. The van der Waals surface area contributed by atoms with Gasteiger partial charge in [-0.2, -0.15) is 0 Å². The molecule has 2 unspecified atom stereocenters. The van der Waals surface area contributed by atoms with E-state index in [1.54, 1.807) is 4.90 Å². The summed E-state index contributed by atoms with van der Waals surface area (Å²) < 4.78 is 0. The van der Waals surface area contributed by atoms with E-state index in [-0.39, 0.29) is 11.9 Å². The summed E-state index contributed by atoms with van der Waals surface area (Å²) in [5, 5.41) is 14.0. The largest absolute Gasteiger partial charge is 0.391 e. The number of hydrogen-bond acceptors (Lipinski definition) is 2. The van der Waals surface area contributed by atoms with Crippen molar-refractivity contribution in [3.63, 3.8) is 0 Å². The van der Waals surface area contributed by atoms with Crippen LogP contribution in [-0.4, -0.2) is 46.8 Å². The highest BCUT2D eigenvalue weighted by molar-refractivity contribution is 5.83. The maximum atomic E-state index is 12.1. The van der Waals surface area contributed by atoms with Crippen molar-refractivity contribution in [2.24, 2.45) is 5.92 Å². The van der Waals surface area contributed by atoms with Gasteiger partial charge >= 0.3 is 6.03 Å². The van der Waals surface area contributed by atoms with Crippen LogP contribution in [0, 0.1) is 5.92 Å². The van der Waals surface area contributed by atoms with Crippen molar-refractivity contribution in [1.82, 2.24) is 15.2 Å². The van der Waals surface area contributed by atoms with Gasteiger partial charge in [0.1, 0.15) is 0 Å². The Hall–Kier alpha value is -2.01. The lowest BCUT2D eigenvalue weighted by atomic mass is 9.96. The van der Waals surface area contributed by atoms with E-state index in [2.05, 4.69) is 16.4 Å². The number of likely N-dealkylation sites (tertiary alicyclic amines) is 1. The third-order valence-corrected chi connectivity index (χ3v) is 4.55. The topological polar surface area (TPSA) is 68.4 Å². The maximum absolute atomic E-state index is 12.1. The number of carbonyl (C=O) groups excluding carboxylic acids is 1. The van der Waals surface area contributed by atoms with Gasteiger partial charge in [0.25, 0.3) is 0 Å². The Balaban J connectivity index is 1.51. The number of amides is 2. The van der Waals surface area contributed by atoms with Crippen molar-refractivity contribution in [1.29, 1.82) is 0 Å². The SMILES string of the molecule is CC1CCN(C(=O)NCCc2c[nH]c3ccccc23)CC1O. The number of nitrogens with one attached hydrogen (secondary N) is 2.